The fourth-order valence-electron chi connectivity index (χ4n) is 2.21. The van der Waals surface area contributed by atoms with E-state index in [1.807, 2.05) is 0 Å². The Morgan fingerprint density at radius 3 is 2.59 bits per heavy atom. The molecule has 120 valence electrons. The molecule has 0 radical (unpaired) electrons. The molecular weight excluding hydrogens is 308 g/mol. The van der Waals surface area contributed by atoms with E-state index in [1.165, 1.54) is 23.7 Å². The van der Waals surface area contributed by atoms with Crippen molar-refractivity contribution in [3.63, 3.8) is 0 Å². The summed E-state index contributed by atoms with van der Waals surface area (Å²) in [7, 11) is 4.73. The van der Waals surface area contributed by atoms with Crippen molar-refractivity contribution in [2.45, 2.75) is 26.0 Å². The van der Waals surface area contributed by atoms with Gasteiger partial charge in [0.15, 0.2) is 0 Å². The van der Waals surface area contributed by atoms with Gasteiger partial charge in [-0.2, -0.15) is 0 Å². The Bertz CT molecular complexity index is 599. The number of thioether (sulfide) groups is 1. The molecule has 0 aromatic carbocycles. The number of fused-ring (bicyclic) bond motifs is 1. The van der Waals surface area contributed by atoms with Crippen LogP contribution < -0.4 is 0 Å². The van der Waals surface area contributed by atoms with Gasteiger partial charge in [-0.15, -0.1) is 0 Å². The molecule has 0 aromatic heterocycles. The summed E-state index contributed by atoms with van der Waals surface area (Å²) < 4.78 is 6.73. The first kappa shape index (κ1) is 16.5. The lowest BCUT2D eigenvalue weighted by molar-refractivity contribution is -0.502. The molecule has 2 aliphatic heterocycles. The van der Waals surface area contributed by atoms with Crippen LogP contribution in [-0.4, -0.2) is 82.3 Å². The minimum Gasteiger partial charge on any atom is -0.462 e. The molecule has 1 atom stereocenters. The summed E-state index contributed by atoms with van der Waals surface area (Å²) in [6, 6.07) is -1.05. The molecule has 22 heavy (non-hydrogen) atoms. The summed E-state index contributed by atoms with van der Waals surface area (Å²) in [6.07, 6.45) is -0.174. The van der Waals surface area contributed by atoms with Crippen molar-refractivity contribution in [1.82, 2.24) is 9.80 Å². The van der Waals surface area contributed by atoms with E-state index in [0.29, 0.717) is 11.0 Å². The molecule has 2 heterocycles. The molecular formula is C13H19N4O4S+. The summed E-state index contributed by atoms with van der Waals surface area (Å²) in [5.74, 6) is -0.188. The third-order valence-corrected chi connectivity index (χ3v) is 4.33. The number of carbonyl (C=O) groups is 3. The van der Waals surface area contributed by atoms with E-state index < -0.39 is 12.1 Å². The predicted octanol–water partition coefficient (Wildman–Crippen LogP) is -0.0260. The van der Waals surface area contributed by atoms with Crippen LogP contribution in [0.25, 0.3) is 0 Å². The van der Waals surface area contributed by atoms with Crippen molar-refractivity contribution in [2.75, 3.05) is 26.9 Å². The Hall–Kier alpha value is -1.90. The van der Waals surface area contributed by atoms with Crippen LogP contribution in [0.15, 0.2) is 4.99 Å². The maximum absolute atomic E-state index is 12.2. The van der Waals surface area contributed by atoms with Gasteiger partial charge in [-0.3, -0.25) is 19.4 Å². The highest BCUT2D eigenvalue weighted by atomic mass is 32.2. The second-order valence-corrected chi connectivity index (χ2v) is 6.27. The van der Waals surface area contributed by atoms with Crippen molar-refractivity contribution in [3.8, 4) is 0 Å². The number of urea groups is 1. The number of aliphatic imine (C=N–C) groups is 1. The molecule has 0 saturated carbocycles. The zero-order valence-electron chi connectivity index (χ0n) is 13.2. The Morgan fingerprint density at radius 1 is 1.36 bits per heavy atom. The number of likely N-dealkylation sites (N-methyl/N-ethyl adjacent to an activating group) is 3. The second kappa shape index (κ2) is 6.07. The summed E-state index contributed by atoms with van der Waals surface area (Å²) in [4.78, 5) is 42.5. The minimum absolute atomic E-state index is 0.100. The minimum atomic E-state index is -0.628. The van der Waals surface area contributed by atoms with Crippen molar-refractivity contribution in [1.29, 1.82) is 0 Å². The molecule has 0 aliphatic carbocycles. The van der Waals surface area contributed by atoms with Gasteiger partial charge >= 0.3 is 17.2 Å². The second-order valence-electron chi connectivity index (χ2n) is 5.33. The molecule has 0 aromatic rings. The van der Waals surface area contributed by atoms with Crippen LogP contribution in [0.1, 0.15) is 13.8 Å². The number of hydrogen-bond donors (Lipinski definition) is 0. The van der Waals surface area contributed by atoms with Crippen LogP contribution >= 0.6 is 11.8 Å². The van der Waals surface area contributed by atoms with Gasteiger partial charge in [0.05, 0.1) is 13.2 Å². The lowest BCUT2D eigenvalue weighted by Crippen LogP contribution is -2.61. The first-order chi connectivity index (χ1) is 10.2. The van der Waals surface area contributed by atoms with Crippen LogP contribution in [0, 0.1) is 0 Å². The summed E-state index contributed by atoms with van der Waals surface area (Å²) in [5.41, 5.74) is 0. The molecule has 0 spiro atoms. The molecule has 2 aliphatic rings. The van der Waals surface area contributed by atoms with E-state index in [0.717, 1.165) is 4.90 Å². The Morgan fingerprint density at radius 2 is 2.00 bits per heavy atom. The zero-order valence-corrected chi connectivity index (χ0v) is 14.0. The van der Waals surface area contributed by atoms with Crippen LogP contribution in [0.3, 0.4) is 0 Å². The van der Waals surface area contributed by atoms with Crippen molar-refractivity contribution >= 4 is 40.7 Å². The predicted molar refractivity (Wildman–Crippen MR) is 82.0 cm³/mol. The Balaban J connectivity index is 2.15. The average molecular weight is 327 g/mol. The highest BCUT2D eigenvalue weighted by Crippen LogP contribution is 2.21. The Labute approximate surface area is 132 Å². The van der Waals surface area contributed by atoms with Crippen LogP contribution in [0.2, 0.25) is 0 Å². The van der Waals surface area contributed by atoms with E-state index in [2.05, 4.69) is 4.99 Å². The number of amidine groups is 2. The number of carbonyl (C=O) groups excluding carboxylic acids is 3. The lowest BCUT2D eigenvalue weighted by Gasteiger charge is -2.29. The molecule has 9 heteroatoms. The fraction of sp³-hybridized carbons (Fsp3) is 0.615. The van der Waals surface area contributed by atoms with E-state index in [4.69, 9.17) is 4.74 Å². The maximum Gasteiger partial charge on any atom is 0.358 e. The van der Waals surface area contributed by atoms with Gasteiger partial charge in [0, 0.05) is 14.1 Å². The highest BCUT2D eigenvalue weighted by Gasteiger charge is 2.52. The number of rotatable bonds is 3. The number of amides is 3. The first-order valence-corrected chi connectivity index (χ1v) is 7.78. The van der Waals surface area contributed by atoms with Gasteiger partial charge in [-0.1, -0.05) is 0 Å². The van der Waals surface area contributed by atoms with Gasteiger partial charge in [-0.05, 0) is 30.6 Å². The number of hydrogen-bond acceptors (Lipinski definition) is 6. The summed E-state index contributed by atoms with van der Waals surface area (Å²) in [5, 5.41) is 0.518. The lowest BCUT2D eigenvalue weighted by atomic mass is 10.2. The molecule has 8 nitrogen and oxygen atoms in total. The quantitative estimate of drug-likeness (QED) is 0.537. The Kier molecular flexibility index (Phi) is 4.55. The van der Waals surface area contributed by atoms with E-state index in [9.17, 15) is 14.4 Å². The van der Waals surface area contributed by atoms with E-state index in [-0.39, 0.29) is 23.7 Å². The number of nitrogens with zero attached hydrogens (tertiary/aromatic N) is 4. The van der Waals surface area contributed by atoms with Crippen LogP contribution in [0.5, 0.6) is 0 Å². The van der Waals surface area contributed by atoms with Crippen molar-refractivity contribution in [2.24, 2.45) is 4.99 Å². The number of ether oxygens (including phenoxy) is 1. The average Bonchev–Trinajstić information content (AvgIpc) is 2.77. The van der Waals surface area contributed by atoms with Gasteiger partial charge in [0.2, 0.25) is 0 Å². The largest absolute Gasteiger partial charge is 0.462 e. The number of esters is 1. The fourth-order valence-corrected chi connectivity index (χ4v) is 2.99. The monoisotopic (exact) mass is 327 g/mol. The SMILES string of the molecule is CC(C)OC(=O)CSC1=[N+](C)C2C(=O)N(C)C(=O)N(C)C2=N1. The van der Waals surface area contributed by atoms with Crippen LogP contribution in [0.4, 0.5) is 4.79 Å². The normalized spacial score (nSPS) is 21.5. The molecule has 1 fully saturated rings. The maximum atomic E-state index is 12.2. The topological polar surface area (TPSA) is 82.3 Å². The molecule has 3 amide bonds. The third-order valence-electron chi connectivity index (χ3n) is 3.31. The van der Waals surface area contributed by atoms with E-state index >= 15 is 0 Å². The van der Waals surface area contributed by atoms with Crippen molar-refractivity contribution in [3.05, 3.63) is 0 Å². The molecule has 2 rings (SSSR count). The van der Waals surface area contributed by atoms with Gasteiger partial charge in [0.25, 0.3) is 17.8 Å². The first-order valence-electron chi connectivity index (χ1n) is 6.80. The molecule has 0 N–H and O–H groups in total. The van der Waals surface area contributed by atoms with E-state index in [1.54, 1.807) is 32.5 Å². The smallest absolute Gasteiger partial charge is 0.358 e. The van der Waals surface area contributed by atoms with Crippen LogP contribution in [-0.2, 0) is 14.3 Å². The molecule has 1 saturated heterocycles. The summed E-state index contributed by atoms with van der Waals surface area (Å²) in [6.45, 7) is 3.56. The van der Waals surface area contributed by atoms with Gasteiger partial charge < -0.3 is 4.74 Å². The third kappa shape index (κ3) is 2.85. The van der Waals surface area contributed by atoms with Gasteiger partial charge in [-0.25, -0.2) is 9.37 Å². The summed E-state index contributed by atoms with van der Waals surface area (Å²) >= 11 is 1.19. The highest BCUT2D eigenvalue weighted by molar-refractivity contribution is 8.14. The molecule has 0 bridgehead atoms. The standard InChI is InChI=1S/C13H19N4O4S/c1-7(2)21-8(18)6-22-12-14-10-9(15(12)3)11(19)17(5)13(20)16(10)4/h7,9H,6H2,1-5H3/q+1. The zero-order chi connectivity index (χ0) is 16.6. The molecule has 1 unspecified atom stereocenters. The van der Waals surface area contributed by atoms with Crippen molar-refractivity contribution < 1.29 is 23.7 Å². The van der Waals surface area contributed by atoms with Gasteiger partial charge in [0.1, 0.15) is 5.75 Å². The number of imide groups is 1.